The van der Waals surface area contributed by atoms with Gasteiger partial charge in [0.25, 0.3) is 11.1 Å². The third-order valence-electron chi connectivity index (χ3n) is 5.32. The summed E-state index contributed by atoms with van der Waals surface area (Å²) in [5.41, 5.74) is 4.18. The van der Waals surface area contributed by atoms with Gasteiger partial charge < -0.3 is 13.7 Å². The van der Waals surface area contributed by atoms with Crippen molar-refractivity contribution in [1.82, 2.24) is 9.47 Å². The Kier molecular flexibility index (Phi) is 6.05. The average Bonchev–Trinajstić information content (AvgIpc) is 3.44. The standard InChI is InChI=1S/C24H22N2O5S/c1-15-11-18(16(2)25(15)13-17-7-5-4-6-8-17)12-21-22(27)26(24(29)32-21)14-19-9-10-20(31-19)23(28)30-3/h4-12H,13-14H2,1-3H3/b21-12+. The van der Waals surface area contributed by atoms with E-state index in [-0.39, 0.29) is 23.5 Å². The molecule has 1 aliphatic heterocycles. The van der Waals surface area contributed by atoms with Crippen LogP contribution in [0, 0.1) is 13.8 Å². The molecule has 0 bridgehead atoms. The van der Waals surface area contributed by atoms with E-state index in [0.717, 1.165) is 40.2 Å². The number of nitrogens with zero attached hydrogens (tertiary/aromatic N) is 2. The number of hydrogen-bond acceptors (Lipinski definition) is 6. The molecule has 7 nitrogen and oxygen atoms in total. The van der Waals surface area contributed by atoms with Gasteiger partial charge in [-0.25, -0.2) is 4.79 Å². The minimum atomic E-state index is -0.615. The second-order valence-electron chi connectivity index (χ2n) is 7.42. The van der Waals surface area contributed by atoms with Crippen LogP contribution in [0.3, 0.4) is 0 Å². The summed E-state index contributed by atoms with van der Waals surface area (Å²) in [6.45, 7) is 4.71. The van der Waals surface area contributed by atoms with Crippen molar-refractivity contribution in [1.29, 1.82) is 0 Å². The van der Waals surface area contributed by atoms with Crippen LogP contribution >= 0.6 is 11.8 Å². The normalized spacial score (nSPS) is 15.1. The number of methoxy groups -OCH3 is 1. The Hall–Kier alpha value is -3.52. The van der Waals surface area contributed by atoms with Crippen molar-refractivity contribution in [3.05, 3.63) is 87.5 Å². The monoisotopic (exact) mass is 450 g/mol. The summed E-state index contributed by atoms with van der Waals surface area (Å²) in [5.74, 6) is -0.647. The lowest BCUT2D eigenvalue weighted by atomic mass is 10.2. The van der Waals surface area contributed by atoms with Crippen molar-refractivity contribution in [2.75, 3.05) is 7.11 Å². The lowest BCUT2D eigenvalue weighted by Crippen LogP contribution is -2.27. The molecule has 32 heavy (non-hydrogen) atoms. The Labute approximate surface area is 189 Å². The van der Waals surface area contributed by atoms with Gasteiger partial charge in [0.1, 0.15) is 5.76 Å². The van der Waals surface area contributed by atoms with Gasteiger partial charge in [-0.3, -0.25) is 14.5 Å². The highest BCUT2D eigenvalue weighted by Crippen LogP contribution is 2.34. The van der Waals surface area contributed by atoms with Crippen LogP contribution in [-0.4, -0.2) is 33.7 Å². The van der Waals surface area contributed by atoms with Crippen LogP contribution in [0.4, 0.5) is 4.79 Å². The Morgan fingerprint density at radius 3 is 2.56 bits per heavy atom. The van der Waals surface area contributed by atoms with Gasteiger partial charge in [-0.1, -0.05) is 30.3 Å². The predicted molar refractivity (Wildman–Crippen MR) is 121 cm³/mol. The maximum Gasteiger partial charge on any atom is 0.373 e. The van der Waals surface area contributed by atoms with E-state index in [2.05, 4.69) is 21.4 Å². The molecule has 3 heterocycles. The number of carbonyl (C=O) groups excluding carboxylic acids is 3. The number of amides is 2. The van der Waals surface area contributed by atoms with Crippen LogP contribution < -0.4 is 0 Å². The summed E-state index contributed by atoms with van der Waals surface area (Å²) in [5, 5.41) is -0.379. The fourth-order valence-electron chi connectivity index (χ4n) is 3.59. The van der Waals surface area contributed by atoms with Gasteiger partial charge >= 0.3 is 5.97 Å². The zero-order valence-corrected chi connectivity index (χ0v) is 18.8. The molecule has 0 N–H and O–H groups in total. The van der Waals surface area contributed by atoms with E-state index in [1.54, 1.807) is 12.1 Å². The first-order valence-electron chi connectivity index (χ1n) is 10.0. The van der Waals surface area contributed by atoms with Gasteiger partial charge in [0.05, 0.1) is 18.6 Å². The van der Waals surface area contributed by atoms with E-state index in [0.29, 0.717) is 10.7 Å². The van der Waals surface area contributed by atoms with E-state index in [1.807, 2.05) is 38.1 Å². The van der Waals surface area contributed by atoms with Crippen LogP contribution in [0.15, 0.2) is 57.9 Å². The fraction of sp³-hybridized carbons (Fsp3) is 0.208. The van der Waals surface area contributed by atoms with E-state index >= 15 is 0 Å². The Bertz CT molecular complexity index is 1220. The van der Waals surface area contributed by atoms with Crippen molar-refractivity contribution in [2.24, 2.45) is 0 Å². The van der Waals surface area contributed by atoms with Crippen LogP contribution in [0.5, 0.6) is 0 Å². The third-order valence-corrected chi connectivity index (χ3v) is 6.23. The van der Waals surface area contributed by atoms with Crippen LogP contribution in [0.1, 0.15) is 38.8 Å². The highest BCUT2D eigenvalue weighted by Gasteiger charge is 2.36. The molecule has 0 unspecified atom stereocenters. The van der Waals surface area contributed by atoms with Crippen molar-refractivity contribution in [3.8, 4) is 0 Å². The lowest BCUT2D eigenvalue weighted by Gasteiger charge is -2.10. The molecule has 0 spiro atoms. The van der Waals surface area contributed by atoms with E-state index in [4.69, 9.17) is 4.42 Å². The highest BCUT2D eigenvalue weighted by molar-refractivity contribution is 8.18. The van der Waals surface area contributed by atoms with Crippen molar-refractivity contribution in [2.45, 2.75) is 26.9 Å². The summed E-state index contributed by atoms with van der Waals surface area (Å²) in [7, 11) is 1.25. The summed E-state index contributed by atoms with van der Waals surface area (Å²) in [6, 6.07) is 15.2. The SMILES string of the molecule is COC(=O)c1ccc(CN2C(=O)S/C(=C/c3cc(C)n(Cc4ccccc4)c3C)C2=O)o1. The van der Waals surface area contributed by atoms with Crippen molar-refractivity contribution in [3.63, 3.8) is 0 Å². The molecule has 0 aliphatic carbocycles. The third kappa shape index (κ3) is 4.27. The summed E-state index contributed by atoms with van der Waals surface area (Å²) in [4.78, 5) is 38.4. The van der Waals surface area contributed by atoms with Gasteiger partial charge in [-0.15, -0.1) is 0 Å². The summed E-state index contributed by atoms with van der Waals surface area (Å²) >= 11 is 0.897. The topological polar surface area (TPSA) is 81.8 Å². The average molecular weight is 451 g/mol. The number of benzene rings is 1. The molecule has 164 valence electrons. The first kappa shape index (κ1) is 21.7. The quantitative estimate of drug-likeness (QED) is 0.397. The Balaban J connectivity index is 1.53. The molecule has 0 atom stereocenters. The maximum atomic E-state index is 12.9. The van der Waals surface area contributed by atoms with Crippen LogP contribution in [0.25, 0.3) is 6.08 Å². The molecule has 1 fully saturated rings. The molecular formula is C24H22N2O5S. The molecule has 1 aliphatic rings. The molecule has 1 aromatic carbocycles. The van der Waals surface area contributed by atoms with Crippen molar-refractivity contribution < 1.29 is 23.5 Å². The van der Waals surface area contributed by atoms with E-state index in [1.165, 1.54) is 18.7 Å². The number of furan rings is 1. The molecule has 1 saturated heterocycles. The molecule has 8 heteroatoms. The fourth-order valence-corrected chi connectivity index (χ4v) is 4.42. The lowest BCUT2D eigenvalue weighted by molar-refractivity contribution is -0.123. The number of rotatable bonds is 6. The zero-order chi connectivity index (χ0) is 22.8. The summed E-state index contributed by atoms with van der Waals surface area (Å²) < 4.78 is 12.2. The van der Waals surface area contributed by atoms with Gasteiger partial charge in [0, 0.05) is 17.9 Å². The number of carbonyl (C=O) groups is 3. The number of esters is 1. The Morgan fingerprint density at radius 1 is 1.09 bits per heavy atom. The highest BCUT2D eigenvalue weighted by atomic mass is 32.2. The van der Waals surface area contributed by atoms with E-state index < -0.39 is 5.97 Å². The number of aromatic nitrogens is 1. The molecule has 3 aromatic rings. The first-order chi connectivity index (χ1) is 15.4. The van der Waals surface area contributed by atoms with Crippen LogP contribution in [0.2, 0.25) is 0 Å². The number of ether oxygens (including phenoxy) is 1. The van der Waals surface area contributed by atoms with Gasteiger partial charge in [-0.05, 0) is 61.0 Å². The van der Waals surface area contributed by atoms with E-state index in [9.17, 15) is 14.4 Å². The van der Waals surface area contributed by atoms with Crippen molar-refractivity contribution >= 4 is 35.0 Å². The minimum absolute atomic E-state index is 0.0240. The van der Waals surface area contributed by atoms with Gasteiger partial charge in [-0.2, -0.15) is 0 Å². The smallest absolute Gasteiger partial charge is 0.373 e. The summed E-state index contributed by atoms with van der Waals surface area (Å²) in [6.07, 6.45) is 1.76. The van der Waals surface area contributed by atoms with Gasteiger partial charge in [0.15, 0.2) is 0 Å². The number of hydrogen-bond donors (Lipinski definition) is 0. The molecule has 0 radical (unpaired) electrons. The molecule has 0 saturated carbocycles. The molecule has 2 amide bonds. The van der Waals surface area contributed by atoms with Gasteiger partial charge in [0.2, 0.25) is 5.76 Å². The van der Waals surface area contributed by atoms with Crippen LogP contribution in [-0.2, 0) is 22.6 Å². The number of aryl methyl sites for hydroxylation is 1. The molecular weight excluding hydrogens is 428 g/mol. The second-order valence-corrected chi connectivity index (χ2v) is 8.42. The minimum Gasteiger partial charge on any atom is -0.463 e. The Morgan fingerprint density at radius 2 is 1.84 bits per heavy atom. The maximum absolute atomic E-state index is 12.9. The zero-order valence-electron chi connectivity index (χ0n) is 18.0. The number of imide groups is 1. The number of thioether (sulfide) groups is 1. The molecule has 4 rings (SSSR count). The second kappa shape index (κ2) is 8.92. The first-order valence-corrected chi connectivity index (χ1v) is 10.8. The largest absolute Gasteiger partial charge is 0.463 e. The predicted octanol–water partition coefficient (Wildman–Crippen LogP) is 4.77. The molecule has 2 aromatic heterocycles.